The quantitative estimate of drug-likeness (QED) is 0.318. The van der Waals surface area contributed by atoms with Gasteiger partial charge in [0.2, 0.25) is 0 Å². The molecule has 3 fully saturated rings. The molecule has 14 heteroatoms. The number of alkyl halides is 5. The SMILES string of the molecule is O=[C-]c1nc(C(=O)N2C3CCC2CC3)c(-c2cnc(N[C@@H](C3CC3)C(F)(F)F)cc2C(F)F)s1.[K+].[OH-]. The number of amides is 1. The Balaban J connectivity index is 0.00000180. The molecule has 4 heterocycles. The predicted molar refractivity (Wildman–Crippen MR) is 115 cm³/mol. The maximum atomic E-state index is 14.0. The molecule has 2 saturated heterocycles. The molecule has 2 bridgehead atoms. The van der Waals surface area contributed by atoms with Gasteiger partial charge in [0.25, 0.3) is 12.3 Å². The molecule has 36 heavy (non-hydrogen) atoms. The second-order valence-electron chi connectivity index (χ2n) is 8.93. The van der Waals surface area contributed by atoms with Crippen LogP contribution in [0.5, 0.6) is 0 Å². The van der Waals surface area contributed by atoms with Crippen LogP contribution in [-0.4, -0.2) is 56.8 Å². The van der Waals surface area contributed by atoms with E-state index in [0.717, 1.165) is 49.3 Å². The average molecular weight is 556 g/mol. The van der Waals surface area contributed by atoms with Crippen LogP contribution >= 0.6 is 11.3 Å². The zero-order valence-electron chi connectivity index (χ0n) is 19.2. The number of hydrogen-bond donors (Lipinski definition) is 1. The molecular formula is C22H21F5KN4O3S-. The second kappa shape index (κ2) is 11.4. The number of thiazole rings is 1. The zero-order valence-corrected chi connectivity index (χ0v) is 23.1. The first-order valence-corrected chi connectivity index (χ1v) is 11.8. The van der Waals surface area contributed by atoms with E-state index < -0.39 is 36.0 Å². The summed E-state index contributed by atoms with van der Waals surface area (Å²) in [7, 11) is 0. The van der Waals surface area contributed by atoms with Gasteiger partial charge in [-0.15, -0.1) is 11.3 Å². The number of fused-ring (bicyclic) bond motifs is 2. The largest absolute Gasteiger partial charge is 1.00 e. The van der Waals surface area contributed by atoms with E-state index in [-0.39, 0.29) is 95.9 Å². The molecule has 2 N–H and O–H groups in total. The minimum Gasteiger partial charge on any atom is -0.870 e. The fraction of sp³-hybridized carbons (Fsp3) is 0.545. The Hall–Kier alpha value is -1.03. The van der Waals surface area contributed by atoms with Crippen molar-refractivity contribution < 1.29 is 88.4 Å². The third kappa shape index (κ3) is 5.69. The first kappa shape index (κ1) is 29.5. The van der Waals surface area contributed by atoms with Crippen molar-refractivity contribution >= 4 is 29.3 Å². The Bertz CT molecular complexity index is 1110. The van der Waals surface area contributed by atoms with Crippen molar-refractivity contribution in [2.24, 2.45) is 5.92 Å². The number of pyridine rings is 1. The smallest absolute Gasteiger partial charge is 0.870 e. The van der Waals surface area contributed by atoms with Crippen LogP contribution in [0.4, 0.5) is 27.8 Å². The topological polar surface area (TPSA) is 105 Å². The van der Waals surface area contributed by atoms with E-state index in [4.69, 9.17) is 0 Å². The van der Waals surface area contributed by atoms with Crippen LogP contribution in [0.15, 0.2) is 12.3 Å². The van der Waals surface area contributed by atoms with Gasteiger partial charge in [0.1, 0.15) is 17.6 Å². The maximum absolute atomic E-state index is 14.0. The number of carbonyl (C=O) groups excluding carboxylic acids is 2. The van der Waals surface area contributed by atoms with E-state index in [2.05, 4.69) is 15.3 Å². The Labute approximate surface area is 250 Å². The van der Waals surface area contributed by atoms with Gasteiger partial charge in [-0.05, 0) is 55.5 Å². The minimum absolute atomic E-state index is 0. The molecule has 0 aromatic carbocycles. The normalized spacial score (nSPS) is 21.7. The summed E-state index contributed by atoms with van der Waals surface area (Å²) < 4.78 is 68.2. The third-order valence-electron chi connectivity index (χ3n) is 6.77. The standard InChI is InChI=1S/C22H20F5N4O2S.K.H2O/c23-20(24)13-7-15(29-19(10-1-2-10)22(25,26)27)28-8-14(13)18-17(30-16(9-32)34-18)21(33)31-11-3-4-12(31)6-5-11;;/h7-8,10-12,19-20H,1-6H2,(H,28,29);;1H2/q-1;+1;/p-1/t11?,12?,19-;;/m0../s1. The van der Waals surface area contributed by atoms with Crippen molar-refractivity contribution in [2.75, 3.05) is 5.32 Å². The summed E-state index contributed by atoms with van der Waals surface area (Å²) in [6, 6.07) is -0.897. The van der Waals surface area contributed by atoms with Crippen molar-refractivity contribution in [3.8, 4) is 10.4 Å². The Morgan fingerprint density at radius 2 is 1.75 bits per heavy atom. The molecule has 0 spiro atoms. The number of rotatable bonds is 7. The van der Waals surface area contributed by atoms with Crippen molar-refractivity contribution in [3.63, 3.8) is 0 Å². The number of aromatic nitrogens is 2. The van der Waals surface area contributed by atoms with Gasteiger partial charge in [-0.25, -0.2) is 20.1 Å². The fourth-order valence-corrected chi connectivity index (χ4v) is 5.92. The van der Waals surface area contributed by atoms with Crippen molar-refractivity contribution in [3.05, 3.63) is 28.5 Å². The number of nitrogens with zero attached hydrogens (tertiary/aromatic N) is 3. The van der Waals surface area contributed by atoms with Crippen molar-refractivity contribution in [1.29, 1.82) is 0 Å². The number of carbonyl (C=O) groups is 1. The van der Waals surface area contributed by atoms with Crippen LogP contribution in [0.3, 0.4) is 0 Å². The van der Waals surface area contributed by atoms with Crippen LogP contribution in [-0.2, 0) is 4.79 Å². The molecule has 3 aliphatic rings. The average Bonchev–Trinajstić information content (AvgIpc) is 3.24. The van der Waals surface area contributed by atoms with Gasteiger partial charge < -0.3 is 20.5 Å². The Morgan fingerprint density at radius 3 is 2.25 bits per heavy atom. The van der Waals surface area contributed by atoms with Gasteiger partial charge in [-0.1, -0.05) is 0 Å². The van der Waals surface area contributed by atoms with E-state index in [0.29, 0.717) is 12.8 Å². The molecule has 190 valence electrons. The first-order chi connectivity index (χ1) is 16.2. The number of anilines is 1. The monoisotopic (exact) mass is 555 g/mol. The molecule has 1 atom stereocenters. The molecular weight excluding hydrogens is 534 g/mol. The van der Waals surface area contributed by atoms with Gasteiger partial charge in [-0.3, -0.25) is 9.78 Å². The van der Waals surface area contributed by atoms with Crippen LogP contribution in [0, 0.1) is 5.92 Å². The molecule has 2 aromatic rings. The summed E-state index contributed by atoms with van der Waals surface area (Å²) in [5, 5.41) is 2.09. The summed E-state index contributed by atoms with van der Waals surface area (Å²) in [5.41, 5.74) is -0.851. The number of halogens is 5. The summed E-state index contributed by atoms with van der Waals surface area (Å²) in [4.78, 5) is 34.3. The van der Waals surface area contributed by atoms with Gasteiger partial charge >= 0.3 is 57.6 Å². The molecule has 0 unspecified atom stereocenters. The van der Waals surface area contributed by atoms with Crippen LogP contribution in [0.25, 0.3) is 10.4 Å². The van der Waals surface area contributed by atoms with Crippen LogP contribution in [0.2, 0.25) is 0 Å². The molecule has 1 amide bonds. The molecule has 1 aliphatic carbocycles. The minimum atomic E-state index is -4.55. The Morgan fingerprint density at radius 1 is 1.14 bits per heavy atom. The summed E-state index contributed by atoms with van der Waals surface area (Å²) in [6.45, 7) is 0. The van der Waals surface area contributed by atoms with E-state index >= 15 is 0 Å². The van der Waals surface area contributed by atoms with Crippen LogP contribution < -0.4 is 56.7 Å². The van der Waals surface area contributed by atoms with Crippen molar-refractivity contribution in [2.45, 2.75) is 69.3 Å². The molecule has 7 nitrogen and oxygen atoms in total. The number of nitrogens with one attached hydrogen (secondary N) is 1. The van der Waals surface area contributed by atoms with Gasteiger partial charge in [-0.2, -0.15) is 13.2 Å². The van der Waals surface area contributed by atoms with Crippen molar-refractivity contribution in [1.82, 2.24) is 14.9 Å². The van der Waals surface area contributed by atoms with E-state index in [9.17, 15) is 31.5 Å². The summed E-state index contributed by atoms with van der Waals surface area (Å²) in [6.07, 6.45) is -0.771. The molecule has 0 radical (unpaired) electrons. The first-order valence-electron chi connectivity index (χ1n) is 11.0. The molecule has 2 aliphatic heterocycles. The molecule has 2 aromatic heterocycles. The van der Waals surface area contributed by atoms with Crippen LogP contribution in [0.1, 0.15) is 66.0 Å². The maximum Gasteiger partial charge on any atom is 1.00 e. The van der Waals surface area contributed by atoms with Gasteiger partial charge in [0.05, 0.1) is 4.88 Å². The fourth-order valence-electron chi connectivity index (χ4n) is 5.03. The summed E-state index contributed by atoms with van der Waals surface area (Å²) >= 11 is 0.737. The summed E-state index contributed by atoms with van der Waals surface area (Å²) in [5.74, 6) is -1.39. The van der Waals surface area contributed by atoms with E-state index in [1.807, 2.05) is 0 Å². The van der Waals surface area contributed by atoms with Gasteiger partial charge in [0.15, 0.2) is 0 Å². The predicted octanol–water partition coefficient (Wildman–Crippen LogP) is 1.95. The zero-order chi connectivity index (χ0) is 24.2. The number of hydrogen-bond acceptors (Lipinski definition) is 7. The molecule has 1 saturated carbocycles. The van der Waals surface area contributed by atoms with E-state index in [1.165, 1.54) is 0 Å². The third-order valence-corrected chi connectivity index (χ3v) is 7.76. The van der Waals surface area contributed by atoms with Gasteiger partial charge in [0, 0.05) is 29.4 Å². The Kier molecular flexibility index (Phi) is 9.33. The second-order valence-corrected chi connectivity index (χ2v) is 9.93. The molecule has 5 rings (SSSR count). The van der Waals surface area contributed by atoms with E-state index in [1.54, 1.807) is 11.2 Å².